The predicted octanol–water partition coefficient (Wildman–Crippen LogP) is 1.59. The average molecular weight is 371 g/mol. The van der Waals surface area contributed by atoms with Gasteiger partial charge in [-0.05, 0) is 39.8 Å². The van der Waals surface area contributed by atoms with E-state index < -0.39 is 6.10 Å². The number of nitrogens with one attached hydrogen (secondary N) is 1. The smallest absolute Gasteiger partial charge is 0.249 e. The van der Waals surface area contributed by atoms with E-state index in [0.717, 1.165) is 0 Å². The minimum Gasteiger partial charge on any atom is -0.402 e. The van der Waals surface area contributed by atoms with E-state index in [0.29, 0.717) is 29.2 Å². The molecule has 8 nitrogen and oxygen atoms in total. The van der Waals surface area contributed by atoms with Gasteiger partial charge in [0.25, 0.3) is 0 Å². The maximum Gasteiger partial charge on any atom is 0.249 e. The number of nitrogens with two attached hydrogens (primary N) is 1. The van der Waals surface area contributed by atoms with Crippen LogP contribution < -0.4 is 16.0 Å². The van der Waals surface area contributed by atoms with Crippen molar-refractivity contribution in [2.24, 2.45) is 5.73 Å². The Kier molecular flexibility index (Phi) is 8.69. The van der Waals surface area contributed by atoms with Crippen LogP contribution in [-0.2, 0) is 14.3 Å². The second kappa shape index (κ2) is 10.7. The van der Waals surface area contributed by atoms with Crippen molar-refractivity contribution in [3.05, 3.63) is 47.6 Å². The van der Waals surface area contributed by atoms with Gasteiger partial charge < -0.3 is 20.7 Å². The zero-order valence-electron chi connectivity index (χ0n) is 16.0. The summed E-state index contributed by atoms with van der Waals surface area (Å²) >= 11 is 0. The monoisotopic (exact) mass is 371 g/mol. The van der Waals surface area contributed by atoms with E-state index in [2.05, 4.69) is 10.3 Å². The van der Waals surface area contributed by atoms with Crippen molar-refractivity contribution < 1.29 is 14.3 Å². The Morgan fingerprint density at radius 3 is 2.63 bits per heavy atom. The molecule has 0 radical (unpaired) electrons. The molecule has 1 aromatic heterocycles. The fourth-order valence-electron chi connectivity index (χ4n) is 2.40. The Morgan fingerprint density at radius 2 is 2.15 bits per heavy atom. The first-order chi connectivity index (χ1) is 12.8. The fourth-order valence-corrected chi connectivity index (χ4v) is 2.40. The van der Waals surface area contributed by atoms with Crippen molar-refractivity contribution in [3.63, 3.8) is 0 Å². The van der Waals surface area contributed by atoms with Gasteiger partial charge in [-0.2, -0.15) is 5.26 Å². The summed E-state index contributed by atoms with van der Waals surface area (Å²) < 4.78 is 5.42. The summed E-state index contributed by atoms with van der Waals surface area (Å²) in [4.78, 5) is 29.5. The highest BCUT2D eigenvalue weighted by Crippen LogP contribution is 2.12. The number of nitriles is 1. The molecule has 0 aromatic carbocycles. The SMILES string of the molecule is CCN(/C=C/NC(=O)COC(C)/C(C(C)=O)=C(\C)N)c1ccc(C#N)cn1. The second-order valence-corrected chi connectivity index (χ2v) is 5.79. The Bertz CT molecular complexity index is 759. The topological polar surface area (TPSA) is 121 Å². The van der Waals surface area contributed by atoms with Crippen molar-refractivity contribution in [1.29, 1.82) is 5.26 Å². The van der Waals surface area contributed by atoms with Gasteiger partial charge in [-0.1, -0.05) is 0 Å². The largest absolute Gasteiger partial charge is 0.402 e. The van der Waals surface area contributed by atoms with E-state index >= 15 is 0 Å². The van der Waals surface area contributed by atoms with Gasteiger partial charge in [-0.15, -0.1) is 0 Å². The molecule has 1 heterocycles. The molecule has 1 atom stereocenters. The molecule has 0 spiro atoms. The van der Waals surface area contributed by atoms with Crippen molar-refractivity contribution in [2.75, 3.05) is 18.1 Å². The summed E-state index contributed by atoms with van der Waals surface area (Å²) in [7, 11) is 0. The number of ether oxygens (including phenoxy) is 1. The van der Waals surface area contributed by atoms with Crippen LogP contribution in [0, 0.1) is 11.3 Å². The standard InChI is InChI=1S/C19H25N5O3/c1-5-24(17-7-6-16(10-20)11-23-17)9-8-22-18(26)12-27-15(4)19(13(2)21)14(3)25/h6-9,11,15H,5,12,21H2,1-4H3,(H,22,26)/b9-8+,19-13+. The molecule has 144 valence electrons. The molecule has 0 fully saturated rings. The predicted molar refractivity (Wildman–Crippen MR) is 102 cm³/mol. The summed E-state index contributed by atoms with van der Waals surface area (Å²) in [6.45, 7) is 7.05. The minimum absolute atomic E-state index is 0.184. The van der Waals surface area contributed by atoms with Gasteiger partial charge in [0, 0.05) is 36.4 Å². The number of Topliss-reactive ketones (excluding diaryl/α,β-unsaturated/α-hetero) is 1. The van der Waals surface area contributed by atoms with E-state index in [1.54, 1.807) is 37.1 Å². The van der Waals surface area contributed by atoms with Crippen LogP contribution in [0.4, 0.5) is 5.82 Å². The molecule has 8 heteroatoms. The van der Waals surface area contributed by atoms with Gasteiger partial charge in [0.05, 0.1) is 11.7 Å². The van der Waals surface area contributed by atoms with E-state index in [-0.39, 0.29) is 18.3 Å². The Balaban J connectivity index is 2.58. The molecule has 0 bridgehead atoms. The number of carbonyl (C=O) groups excluding carboxylic acids is 2. The number of rotatable bonds is 9. The maximum absolute atomic E-state index is 11.9. The average Bonchev–Trinajstić information content (AvgIpc) is 2.63. The molecule has 0 saturated carbocycles. The molecule has 1 unspecified atom stereocenters. The van der Waals surface area contributed by atoms with Crippen LogP contribution in [0.3, 0.4) is 0 Å². The quantitative estimate of drug-likeness (QED) is 0.632. The number of hydrogen-bond acceptors (Lipinski definition) is 7. The summed E-state index contributed by atoms with van der Waals surface area (Å²) in [5.41, 5.74) is 6.90. The number of hydrogen-bond donors (Lipinski definition) is 2. The van der Waals surface area contributed by atoms with Gasteiger partial charge >= 0.3 is 0 Å². The highest BCUT2D eigenvalue weighted by atomic mass is 16.5. The highest BCUT2D eigenvalue weighted by molar-refractivity contribution is 5.94. The third-order valence-electron chi connectivity index (χ3n) is 3.69. The van der Waals surface area contributed by atoms with Crippen molar-refractivity contribution in [2.45, 2.75) is 33.8 Å². The van der Waals surface area contributed by atoms with E-state index in [1.165, 1.54) is 19.3 Å². The van der Waals surface area contributed by atoms with E-state index in [4.69, 9.17) is 15.7 Å². The van der Waals surface area contributed by atoms with Gasteiger partial charge in [-0.25, -0.2) is 4.98 Å². The van der Waals surface area contributed by atoms with Crippen molar-refractivity contribution in [1.82, 2.24) is 10.3 Å². The maximum atomic E-state index is 11.9. The van der Waals surface area contributed by atoms with Crippen LogP contribution in [0.2, 0.25) is 0 Å². The highest BCUT2D eigenvalue weighted by Gasteiger charge is 2.17. The van der Waals surface area contributed by atoms with E-state index in [9.17, 15) is 9.59 Å². The summed E-state index contributed by atoms with van der Waals surface area (Å²) in [6.07, 6.45) is 4.06. The molecular formula is C19H25N5O3. The molecule has 1 amide bonds. The van der Waals surface area contributed by atoms with Crippen LogP contribution in [0.5, 0.6) is 0 Å². The number of amides is 1. The Morgan fingerprint density at radius 1 is 1.44 bits per heavy atom. The van der Waals surface area contributed by atoms with Crippen LogP contribution in [-0.4, -0.2) is 35.9 Å². The molecule has 1 rings (SSSR count). The molecule has 0 saturated heterocycles. The van der Waals surface area contributed by atoms with Gasteiger partial charge in [-0.3, -0.25) is 9.59 Å². The lowest BCUT2D eigenvalue weighted by molar-refractivity contribution is -0.126. The van der Waals surface area contributed by atoms with E-state index in [1.807, 2.05) is 13.0 Å². The summed E-state index contributed by atoms with van der Waals surface area (Å²) in [5.74, 6) is 0.109. The normalized spacial score (nSPS) is 12.9. The fraction of sp³-hybridized carbons (Fsp3) is 0.368. The number of pyridine rings is 1. The third kappa shape index (κ3) is 6.92. The minimum atomic E-state index is -0.572. The zero-order valence-corrected chi connectivity index (χ0v) is 16.0. The van der Waals surface area contributed by atoms with Crippen molar-refractivity contribution >= 4 is 17.5 Å². The lowest BCUT2D eigenvalue weighted by Crippen LogP contribution is -2.29. The molecule has 3 N–H and O–H groups in total. The number of allylic oxidation sites excluding steroid dienone is 1. The molecule has 0 aliphatic heterocycles. The van der Waals surface area contributed by atoms with Gasteiger partial charge in [0.2, 0.25) is 5.91 Å². The molecule has 1 aromatic rings. The summed E-state index contributed by atoms with van der Waals surface area (Å²) in [5, 5.41) is 11.4. The van der Waals surface area contributed by atoms with Gasteiger partial charge in [0.15, 0.2) is 5.78 Å². The molecule has 0 aliphatic rings. The first-order valence-corrected chi connectivity index (χ1v) is 8.47. The molecular weight excluding hydrogens is 346 g/mol. The van der Waals surface area contributed by atoms with Crippen LogP contribution >= 0.6 is 0 Å². The first-order valence-electron chi connectivity index (χ1n) is 8.47. The van der Waals surface area contributed by atoms with Crippen molar-refractivity contribution in [3.8, 4) is 6.07 Å². The van der Waals surface area contributed by atoms with Crippen LogP contribution in [0.15, 0.2) is 42.0 Å². The summed E-state index contributed by atoms with van der Waals surface area (Å²) in [6, 6.07) is 5.41. The van der Waals surface area contributed by atoms with Crippen LogP contribution in [0.1, 0.15) is 33.3 Å². The molecule has 0 aliphatic carbocycles. The lowest BCUT2D eigenvalue weighted by atomic mass is 10.1. The third-order valence-corrected chi connectivity index (χ3v) is 3.69. The Hall–Kier alpha value is -3.18. The molecule has 27 heavy (non-hydrogen) atoms. The number of aromatic nitrogens is 1. The number of nitrogens with zero attached hydrogens (tertiary/aromatic N) is 3. The Labute approximate surface area is 159 Å². The van der Waals surface area contributed by atoms with Gasteiger partial charge in [0.1, 0.15) is 18.5 Å². The number of carbonyl (C=O) groups is 2. The zero-order chi connectivity index (χ0) is 20.4. The first kappa shape index (κ1) is 21.9. The number of ketones is 1. The van der Waals surface area contributed by atoms with Crippen LogP contribution in [0.25, 0.3) is 0 Å². The number of anilines is 1. The lowest BCUT2D eigenvalue weighted by Gasteiger charge is -2.17. The second-order valence-electron chi connectivity index (χ2n) is 5.79.